The van der Waals surface area contributed by atoms with Crippen LogP contribution in [0.4, 0.5) is 18.9 Å². The summed E-state index contributed by atoms with van der Waals surface area (Å²) >= 11 is 3.16. The summed E-state index contributed by atoms with van der Waals surface area (Å²) in [6.45, 7) is -0.326. The molecule has 1 aliphatic heterocycles. The van der Waals surface area contributed by atoms with Crippen molar-refractivity contribution in [2.24, 2.45) is 17.8 Å². The van der Waals surface area contributed by atoms with E-state index in [2.05, 4.69) is 10.3 Å². The zero-order valence-corrected chi connectivity index (χ0v) is 20.6. The number of nitrogens with one attached hydrogen (secondary N) is 2. The standard InChI is InChI=1S/C26H23F3N2O3S2/c27-26(28,29)16-2-1-3-17(11-16)30-19(32)12-34-18-8-6-13(7-9-18)20-21-14-4-5-15(10-14)22(21)35-24-23(20)36-25(33)31-24/h1-3,6-9,11,14-15,20-22H,4-5,10,12H2,(H,30,32)(H,31,33)/t14?,15?,20-,21?,22?/m1/s1. The number of benzene rings is 2. The molecular weight excluding hydrogens is 509 g/mol. The van der Waals surface area contributed by atoms with Crippen molar-refractivity contribution in [1.29, 1.82) is 0 Å². The maximum atomic E-state index is 12.9. The summed E-state index contributed by atoms with van der Waals surface area (Å²) in [7, 11) is 0. The lowest BCUT2D eigenvalue weighted by atomic mass is 9.75. The van der Waals surface area contributed by atoms with Gasteiger partial charge in [0, 0.05) is 21.7 Å². The minimum absolute atomic E-state index is 0.0171. The first-order valence-corrected chi connectivity index (χ1v) is 13.6. The number of hydrogen-bond donors (Lipinski definition) is 2. The molecule has 0 spiro atoms. The number of halogens is 3. The Labute approximate surface area is 213 Å². The predicted molar refractivity (Wildman–Crippen MR) is 133 cm³/mol. The van der Waals surface area contributed by atoms with Gasteiger partial charge in [0.25, 0.3) is 5.91 Å². The predicted octanol–water partition coefficient (Wildman–Crippen LogP) is 6.13. The normalized spacial score (nSPS) is 26.4. The fourth-order valence-corrected chi connectivity index (χ4v) is 9.01. The Morgan fingerprint density at radius 2 is 1.89 bits per heavy atom. The number of H-pyrrole nitrogens is 1. The summed E-state index contributed by atoms with van der Waals surface area (Å²) in [6.07, 6.45) is -0.699. The third kappa shape index (κ3) is 4.34. The Kier molecular flexibility index (Phi) is 5.91. The van der Waals surface area contributed by atoms with Crippen LogP contribution >= 0.6 is 23.1 Å². The van der Waals surface area contributed by atoms with Gasteiger partial charge in [-0.05, 0) is 72.9 Å². The summed E-state index contributed by atoms with van der Waals surface area (Å²) in [5, 5.41) is 3.98. The molecule has 3 aromatic rings. The van der Waals surface area contributed by atoms with Crippen molar-refractivity contribution in [2.75, 3.05) is 11.9 Å². The monoisotopic (exact) mass is 532 g/mol. The zero-order chi connectivity index (χ0) is 25.0. The second-order valence-electron chi connectivity index (χ2n) is 9.66. The summed E-state index contributed by atoms with van der Waals surface area (Å²) in [4.78, 5) is 28.6. The van der Waals surface area contributed by atoms with Gasteiger partial charge in [0.05, 0.1) is 10.6 Å². The lowest BCUT2D eigenvalue weighted by Crippen LogP contribution is -2.33. The minimum Gasteiger partial charge on any atom is -0.484 e. The molecule has 3 aliphatic rings. The molecular formula is C26H23F3N2O3S2. The van der Waals surface area contributed by atoms with Crippen molar-refractivity contribution >= 4 is 34.7 Å². The number of ether oxygens (including phenoxy) is 1. The van der Waals surface area contributed by atoms with Gasteiger partial charge < -0.3 is 15.0 Å². The number of alkyl halides is 3. The van der Waals surface area contributed by atoms with Crippen molar-refractivity contribution in [3.8, 4) is 5.75 Å². The Bertz CT molecular complexity index is 1350. The molecule has 2 saturated carbocycles. The third-order valence-corrected chi connectivity index (χ3v) is 10.2. The SMILES string of the molecule is O=C(COc1ccc([C@H]2c3sc(=O)[nH]c3SC3C4CCC(C4)C32)cc1)Nc1cccc(C(F)(F)F)c1. The van der Waals surface area contributed by atoms with Crippen LogP contribution in [0.2, 0.25) is 0 Å². The highest BCUT2D eigenvalue weighted by molar-refractivity contribution is 8.00. The van der Waals surface area contributed by atoms with E-state index in [1.54, 1.807) is 0 Å². The van der Waals surface area contributed by atoms with Gasteiger partial charge in [-0.2, -0.15) is 13.2 Å². The van der Waals surface area contributed by atoms with Crippen molar-refractivity contribution in [3.63, 3.8) is 0 Å². The largest absolute Gasteiger partial charge is 0.484 e. The van der Waals surface area contributed by atoms with Crippen molar-refractivity contribution in [2.45, 2.75) is 41.6 Å². The highest BCUT2D eigenvalue weighted by Crippen LogP contribution is 2.63. The summed E-state index contributed by atoms with van der Waals surface area (Å²) in [6, 6.07) is 12.1. The molecule has 1 amide bonds. The number of thioether (sulfide) groups is 1. The Morgan fingerprint density at radius 3 is 2.67 bits per heavy atom. The van der Waals surface area contributed by atoms with Crippen LogP contribution in [0.5, 0.6) is 5.75 Å². The first kappa shape index (κ1) is 23.7. The summed E-state index contributed by atoms with van der Waals surface area (Å²) < 4.78 is 44.3. The number of amides is 1. The van der Waals surface area contributed by atoms with Gasteiger partial charge >= 0.3 is 11.0 Å². The van der Waals surface area contributed by atoms with Gasteiger partial charge in [-0.25, -0.2) is 0 Å². The number of carbonyl (C=O) groups excluding carboxylic acids is 1. The highest BCUT2D eigenvalue weighted by atomic mass is 32.2. The summed E-state index contributed by atoms with van der Waals surface area (Å²) in [5.74, 6) is 2.02. The highest BCUT2D eigenvalue weighted by Gasteiger charge is 2.54. The molecule has 2 aromatic carbocycles. The topological polar surface area (TPSA) is 71.2 Å². The van der Waals surface area contributed by atoms with Gasteiger partial charge in [0.15, 0.2) is 6.61 Å². The Balaban J connectivity index is 1.15. The van der Waals surface area contributed by atoms with Gasteiger partial charge in [-0.3, -0.25) is 9.59 Å². The van der Waals surface area contributed by atoms with E-state index in [1.165, 1.54) is 42.7 Å². The van der Waals surface area contributed by atoms with Gasteiger partial charge in [0.2, 0.25) is 0 Å². The van der Waals surface area contributed by atoms with E-state index in [4.69, 9.17) is 4.74 Å². The maximum absolute atomic E-state index is 12.9. The van der Waals surface area contributed by atoms with Gasteiger partial charge in [-0.15, -0.1) is 11.8 Å². The maximum Gasteiger partial charge on any atom is 0.416 e. The van der Waals surface area contributed by atoms with Crippen molar-refractivity contribution in [3.05, 3.63) is 74.2 Å². The number of aromatic amines is 1. The van der Waals surface area contributed by atoms with E-state index < -0.39 is 17.6 Å². The molecule has 36 heavy (non-hydrogen) atoms. The molecule has 0 saturated heterocycles. The lowest BCUT2D eigenvalue weighted by molar-refractivity contribution is -0.137. The first-order valence-electron chi connectivity index (χ1n) is 11.9. The van der Waals surface area contributed by atoms with Gasteiger partial charge in [0.1, 0.15) is 5.75 Å². The molecule has 10 heteroatoms. The molecule has 5 nitrogen and oxygen atoms in total. The molecule has 2 fully saturated rings. The fraction of sp³-hybridized carbons (Fsp3) is 0.385. The second-order valence-corrected chi connectivity index (χ2v) is 11.9. The minimum atomic E-state index is -4.48. The first-order chi connectivity index (χ1) is 17.3. The van der Waals surface area contributed by atoms with E-state index in [1.807, 2.05) is 36.0 Å². The third-order valence-electron chi connectivity index (χ3n) is 7.55. The molecule has 1 aromatic heterocycles. The molecule has 2 heterocycles. The second kappa shape index (κ2) is 8.99. The Hall–Kier alpha value is -2.72. The molecule has 6 rings (SSSR count). The Morgan fingerprint density at radius 1 is 1.11 bits per heavy atom. The average molecular weight is 533 g/mol. The fourth-order valence-electron chi connectivity index (χ4n) is 6.11. The van der Waals surface area contributed by atoms with E-state index in [9.17, 15) is 22.8 Å². The smallest absolute Gasteiger partial charge is 0.416 e. The number of rotatable bonds is 5. The number of anilines is 1. The van der Waals surface area contributed by atoms with Crippen LogP contribution < -0.4 is 14.9 Å². The molecule has 2 aliphatic carbocycles. The van der Waals surface area contributed by atoms with Crippen LogP contribution in [0.15, 0.2) is 58.4 Å². The molecule has 4 unspecified atom stereocenters. The van der Waals surface area contributed by atoms with Crippen LogP contribution in [0.3, 0.4) is 0 Å². The molecule has 2 N–H and O–H groups in total. The average Bonchev–Trinajstić information content (AvgIpc) is 3.55. The van der Waals surface area contributed by atoms with E-state index in [0.29, 0.717) is 28.8 Å². The van der Waals surface area contributed by atoms with Crippen LogP contribution in [-0.4, -0.2) is 22.7 Å². The number of carbonyl (C=O) groups is 1. The lowest BCUT2D eigenvalue weighted by Gasteiger charge is -2.40. The van der Waals surface area contributed by atoms with Crippen LogP contribution in [0.25, 0.3) is 0 Å². The van der Waals surface area contributed by atoms with Crippen LogP contribution in [0, 0.1) is 17.8 Å². The van der Waals surface area contributed by atoms with Crippen LogP contribution in [-0.2, 0) is 11.0 Å². The van der Waals surface area contributed by atoms with E-state index >= 15 is 0 Å². The number of aromatic nitrogens is 1. The summed E-state index contributed by atoms with van der Waals surface area (Å²) in [5.41, 5.74) is 0.368. The molecule has 5 atom stereocenters. The van der Waals surface area contributed by atoms with Gasteiger partial charge in [-0.1, -0.05) is 29.5 Å². The molecule has 188 valence electrons. The number of fused-ring (bicyclic) bond motifs is 6. The number of hydrogen-bond acceptors (Lipinski definition) is 5. The zero-order valence-electron chi connectivity index (χ0n) is 19.0. The quantitative estimate of drug-likeness (QED) is 0.415. The van der Waals surface area contributed by atoms with Crippen molar-refractivity contribution in [1.82, 2.24) is 4.98 Å². The van der Waals surface area contributed by atoms with Crippen molar-refractivity contribution < 1.29 is 22.7 Å². The van der Waals surface area contributed by atoms with E-state index in [0.717, 1.165) is 27.6 Å². The van der Waals surface area contributed by atoms with E-state index in [-0.39, 0.29) is 23.1 Å². The van der Waals surface area contributed by atoms with Crippen LogP contribution in [0.1, 0.15) is 41.2 Å². The number of thiazole rings is 1. The molecule has 2 bridgehead atoms. The molecule has 0 radical (unpaired) electrons.